The number of carbonyl (C=O) groups is 1. The number of pyridine rings is 1. The predicted octanol–water partition coefficient (Wildman–Crippen LogP) is 3.41. The molecular weight excluding hydrogens is 360 g/mol. The van der Waals surface area contributed by atoms with Crippen molar-refractivity contribution in [1.29, 1.82) is 0 Å². The van der Waals surface area contributed by atoms with Gasteiger partial charge in [-0.1, -0.05) is 13.8 Å². The van der Waals surface area contributed by atoms with Crippen LogP contribution in [0.3, 0.4) is 0 Å². The highest BCUT2D eigenvalue weighted by atomic mass is 16.2. The van der Waals surface area contributed by atoms with Crippen molar-refractivity contribution >= 4 is 5.91 Å². The SMILES string of the molecule is CC(C)CN(C(=O)C1CCCN(C2CCN(Cc3ccncc3)CC2)C1)C1CC1. The highest BCUT2D eigenvalue weighted by molar-refractivity contribution is 5.80. The first-order valence-electron chi connectivity index (χ1n) is 11.8. The molecule has 1 saturated carbocycles. The van der Waals surface area contributed by atoms with Crippen LogP contribution in [0.5, 0.6) is 0 Å². The summed E-state index contributed by atoms with van der Waals surface area (Å²) in [6, 6.07) is 5.43. The molecule has 3 aliphatic rings. The lowest BCUT2D eigenvalue weighted by Crippen LogP contribution is -2.51. The number of aromatic nitrogens is 1. The number of rotatable bonds is 7. The average molecular weight is 399 g/mol. The van der Waals surface area contributed by atoms with Gasteiger partial charge in [-0.05, 0) is 81.8 Å². The quantitative estimate of drug-likeness (QED) is 0.706. The van der Waals surface area contributed by atoms with Crippen LogP contribution in [0.2, 0.25) is 0 Å². The Morgan fingerprint density at radius 2 is 1.83 bits per heavy atom. The summed E-state index contributed by atoms with van der Waals surface area (Å²) in [5.74, 6) is 1.22. The van der Waals surface area contributed by atoms with Crippen molar-refractivity contribution in [2.45, 2.75) is 71.0 Å². The second-order valence-electron chi connectivity index (χ2n) is 9.81. The Morgan fingerprint density at radius 1 is 1.10 bits per heavy atom. The third kappa shape index (κ3) is 5.58. The minimum Gasteiger partial charge on any atom is -0.339 e. The maximum atomic E-state index is 13.3. The van der Waals surface area contributed by atoms with Gasteiger partial charge < -0.3 is 4.90 Å². The first-order valence-corrected chi connectivity index (χ1v) is 11.8. The van der Waals surface area contributed by atoms with E-state index in [4.69, 9.17) is 0 Å². The van der Waals surface area contributed by atoms with Crippen LogP contribution in [0, 0.1) is 11.8 Å². The number of likely N-dealkylation sites (tertiary alicyclic amines) is 2. The van der Waals surface area contributed by atoms with E-state index in [0.717, 1.165) is 39.1 Å². The molecule has 1 unspecified atom stereocenters. The molecule has 1 aromatic heterocycles. The lowest BCUT2D eigenvalue weighted by atomic mass is 9.92. The van der Waals surface area contributed by atoms with E-state index in [-0.39, 0.29) is 5.92 Å². The summed E-state index contributed by atoms with van der Waals surface area (Å²) in [4.78, 5) is 24.9. The molecule has 29 heavy (non-hydrogen) atoms. The van der Waals surface area contributed by atoms with Crippen molar-refractivity contribution < 1.29 is 4.79 Å². The summed E-state index contributed by atoms with van der Waals surface area (Å²) >= 11 is 0. The van der Waals surface area contributed by atoms with E-state index < -0.39 is 0 Å². The normalized spacial score (nSPS) is 24.7. The molecule has 0 aromatic carbocycles. The fourth-order valence-electron chi connectivity index (χ4n) is 5.16. The van der Waals surface area contributed by atoms with Crippen LogP contribution in [0.1, 0.15) is 57.9 Å². The van der Waals surface area contributed by atoms with Gasteiger partial charge in [0, 0.05) is 44.1 Å². The van der Waals surface area contributed by atoms with E-state index in [1.165, 1.54) is 44.2 Å². The summed E-state index contributed by atoms with van der Waals surface area (Å²) < 4.78 is 0. The summed E-state index contributed by atoms with van der Waals surface area (Å²) in [5.41, 5.74) is 1.35. The Morgan fingerprint density at radius 3 is 2.48 bits per heavy atom. The van der Waals surface area contributed by atoms with Crippen LogP contribution in [0.4, 0.5) is 0 Å². The summed E-state index contributed by atoms with van der Waals surface area (Å²) in [7, 11) is 0. The van der Waals surface area contributed by atoms with Crippen molar-refractivity contribution in [1.82, 2.24) is 19.7 Å². The highest BCUT2D eigenvalue weighted by Gasteiger charge is 2.38. The Hall–Kier alpha value is -1.46. The zero-order valence-electron chi connectivity index (χ0n) is 18.3. The summed E-state index contributed by atoms with van der Waals surface area (Å²) in [6.07, 6.45) is 10.9. The van der Waals surface area contributed by atoms with Gasteiger partial charge in [-0.25, -0.2) is 0 Å². The molecule has 3 fully saturated rings. The number of carbonyl (C=O) groups excluding carboxylic acids is 1. The molecule has 5 heteroatoms. The molecule has 160 valence electrons. The van der Waals surface area contributed by atoms with E-state index in [2.05, 4.69) is 45.7 Å². The molecule has 2 aliphatic heterocycles. The lowest BCUT2D eigenvalue weighted by molar-refractivity contribution is -0.139. The highest BCUT2D eigenvalue weighted by Crippen LogP contribution is 2.32. The monoisotopic (exact) mass is 398 g/mol. The zero-order valence-corrected chi connectivity index (χ0v) is 18.3. The third-order valence-electron chi connectivity index (χ3n) is 6.86. The number of hydrogen-bond donors (Lipinski definition) is 0. The van der Waals surface area contributed by atoms with Gasteiger partial charge in [-0.2, -0.15) is 0 Å². The van der Waals surface area contributed by atoms with Crippen LogP contribution in [0.25, 0.3) is 0 Å². The molecular formula is C24H38N4O. The topological polar surface area (TPSA) is 39.7 Å². The number of piperidine rings is 2. The molecule has 1 atom stereocenters. The minimum absolute atomic E-state index is 0.220. The van der Waals surface area contributed by atoms with Gasteiger partial charge >= 0.3 is 0 Å². The van der Waals surface area contributed by atoms with Crippen LogP contribution in [0.15, 0.2) is 24.5 Å². The molecule has 0 N–H and O–H groups in total. The van der Waals surface area contributed by atoms with Crippen LogP contribution in [-0.4, -0.2) is 70.4 Å². The zero-order chi connectivity index (χ0) is 20.2. The fraction of sp³-hybridized carbons (Fsp3) is 0.750. The van der Waals surface area contributed by atoms with E-state index >= 15 is 0 Å². The molecule has 0 bridgehead atoms. The maximum absolute atomic E-state index is 13.3. The lowest BCUT2D eigenvalue weighted by Gasteiger charge is -2.43. The summed E-state index contributed by atoms with van der Waals surface area (Å²) in [5, 5.41) is 0. The Bertz CT molecular complexity index is 652. The van der Waals surface area contributed by atoms with Crippen molar-refractivity contribution in [3.05, 3.63) is 30.1 Å². The molecule has 4 rings (SSSR count). The molecule has 0 radical (unpaired) electrons. The van der Waals surface area contributed by atoms with Crippen molar-refractivity contribution in [2.75, 3.05) is 32.7 Å². The number of amides is 1. The Kier molecular flexibility index (Phi) is 6.86. The summed E-state index contributed by atoms with van der Waals surface area (Å²) in [6.45, 7) is 10.9. The van der Waals surface area contributed by atoms with Crippen molar-refractivity contribution in [3.8, 4) is 0 Å². The second kappa shape index (κ2) is 9.57. The first-order chi connectivity index (χ1) is 14.1. The van der Waals surface area contributed by atoms with Crippen LogP contribution in [-0.2, 0) is 11.3 Å². The van der Waals surface area contributed by atoms with E-state index in [0.29, 0.717) is 23.9 Å². The molecule has 1 aliphatic carbocycles. The minimum atomic E-state index is 0.220. The fourth-order valence-corrected chi connectivity index (χ4v) is 5.16. The van der Waals surface area contributed by atoms with Gasteiger partial charge in [0.1, 0.15) is 0 Å². The van der Waals surface area contributed by atoms with Crippen molar-refractivity contribution in [2.24, 2.45) is 11.8 Å². The van der Waals surface area contributed by atoms with Crippen molar-refractivity contribution in [3.63, 3.8) is 0 Å². The van der Waals surface area contributed by atoms with E-state index in [1.54, 1.807) is 0 Å². The largest absolute Gasteiger partial charge is 0.339 e. The standard InChI is InChI=1S/C24H38N4O/c1-19(2)16-28(23-5-6-23)24(29)21-4-3-13-27(18-21)22-9-14-26(15-10-22)17-20-7-11-25-12-8-20/h7-8,11-12,19,21-23H,3-6,9-10,13-18H2,1-2H3. The third-order valence-corrected chi connectivity index (χ3v) is 6.86. The molecule has 0 spiro atoms. The molecule has 1 aromatic rings. The second-order valence-corrected chi connectivity index (χ2v) is 9.81. The Balaban J connectivity index is 1.28. The van der Waals surface area contributed by atoms with E-state index in [9.17, 15) is 4.79 Å². The van der Waals surface area contributed by atoms with Crippen LogP contribution >= 0.6 is 0 Å². The van der Waals surface area contributed by atoms with Gasteiger partial charge in [-0.15, -0.1) is 0 Å². The molecule has 2 saturated heterocycles. The first kappa shape index (κ1) is 20.8. The smallest absolute Gasteiger partial charge is 0.227 e. The van der Waals surface area contributed by atoms with Gasteiger partial charge in [-0.3, -0.25) is 19.6 Å². The van der Waals surface area contributed by atoms with Gasteiger partial charge in [0.15, 0.2) is 0 Å². The Labute approximate surface area is 176 Å². The number of nitrogens with zero attached hydrogens (tertiary/aromatic N) is 4. The molecule has 5 nitrogen and oxygen atoms in total. The van der Waals surface area contributed by atoms with Gasteiger partial charge in [0.05, 0.1) is 5.92 Å². The van der Waals surface area contributed by atoms with E-state index in [1.807, 2.05) is 12.4 Å². The van der Waals surface area contributed by atoms with Gasteiger partial charge in [0.2, 0.25) is 5.91 Å². The average Bonchev–Trinajstić information content (AvgIpc) is 3.58. The van der Waals surface area contributed by atoms with Crippen LogP contribution < -0.4 is 0 Å². The maximum Gasteiger partial charge on any atom is 0.227 e. The number of hydrogen-bond acceptors (Lipinski definition) is 4. The van der Waals surface area contributed by atoms with Gasteiger partial charge in [0.25, 0.3) is 0 Å². The molecule has 1 amide bonds. The molecule has 3 heterocycles. The predicted molar refractivity (Wildman–Crippen MR) is 116 cm³/mol.